The Morgan fingerprint density at radius 3 is 2.53 bits per heavy atom. The summed E-state index contributed by atoms with van der Waals surface area (Å²) in [5.41, 5.74) is 1.32. The van der Waals surface area contributed by atoms with Gasteiger partial charge < -0.3 is 14.7 Å². The molecule has 19 heavy (non-hydrogen) atoms. The standard InChI is InChI=1S/C15H22N2O2/c1-10-6-14(19-3)16-9-13(10)15(18)7-11-4-5-12(8-15)17(11)2/h6,9,11-12,18H,4-5,7-8H2,1-3H3. The van der Waals surface area contributed by atoms with E-state index in [2.05, 4.69) is 16.9 Å². The number of piperidine rings is 1. The second kappa shape index (κ2) is 4.46. The average Bonchev–Trinajstić information content (AvgIpc) is 2.62. The van der Waals surface area contributed by atoms with Crippen molar-refractivity contribution in [3.63, 3.8) is 0 Å². The van der Waals surface area contributed by atoms with E-state index in [0.29, 0.717) is 18.0 Å². The maximum absolute atomic E-state index is 11.1. The predicted octanol–water partition coefficient (Wildman–Crippen LogP) is 1.84. The van der Waals surface area contributed by atoms with Crippen molar-refractivity contribution in [1.29, 1.82) is 0 Å². The molecule has 3 heterocycles. The van der Waals surface area contributed by atoms with Crippen LogP contribution in [0.15, 0.2) is 12.3 Å². The zero-order valence-electron chi connectivity index (χ0n) is 11.9. The van der Waals surface area contributed by atoms with Crippen LogP contribution in [-0.2, 0) is 5.60 Å². The Labute approximate surface area is 114 Å². The first-order valence-electron chi connectivity index (χ1n) is 6.99. The van der Waals surface area contributed by atoms with Crippen LogP contribution in [0.3, 0.4) is 0 Å². The number of aryl methyl sites for hydroxylation is 1. The van der Waals surface area contributed by atoms with Crippen LogP contribution >= 0.6 is 0 Å². The summed E-state index contributed by atoms with van der Waals surface area (Å²) in [7, 11) is 3.80. The van der Waals surface area contributed by atoms with Crippen molar-refractivity contribution in [3.05, 3.63) is 23.4 Å². The van der Waals surface area contributed by atoms with Gasteiger partial charge >= 0.3 is 0 Å². The summed E-state index contributed by atoms with van der Waals surface area (Å²) in [6, 6.07) is 2.92. The zero-order chi connectivity index (χ0) is 13.6. The van der Waals surface area contributed by atoms with Gasteiger partial charge in [-0.25, -0.2) is 4.98 Å². The number of pyridine rings is 1. The van der Waals surface area contributed by atoms with Gasteiger partial charge in [0.15, 0.2) is 0 Å². The molecule has 2 saturated heterocycles. The molecule has 3 rings (SSSR count). The normalized spacial score (nSPS) is 34.5. The van der Waals surface area contributed by atoms with E-state index in [1.165, 1.54) is 12.8 Å². The second-order valence-electron chi connectivity index (χ2n) is 6.03. The number of methoxy groups -OCH3 is 1. The van der Waals surface area contributed by atoms with Crippen molar-refractivity contribution >= 4 is 0 Å². The van der Waals surface area contributed by atoms with E-state index in [1.807, 2.05) is 13.0 Å². The number of aliphatic hydroxyl groups is 1. The molecular weight excluding hydrogens is 240 g/mol. The fraction of sp³-hybridized carbons (Fsp3) is 0.667. The average molecular weight is 262 g/mol. The molecule has 0 amide bonds. The molecule has 0 aliphatic carbocycles. The Hall–Kier alpha value is -1.13. The maximum Gasteiger partial charge on any atom is 0.213 e. The van der Waals surface area contributed by atoms with Gasteiger partial charge in [-0.05, 0) is 45.2 Å². The largest absolute Gasteiger partial charge is 0.481 e. The molecular formula is C15H22N2O2. The van der Waals surface area contributed by atoms with Crippen LogP contribution in [0.4, 0.5) is 0 Å². The Morgan fingerprint density at radius 1 is 1.37 bits per heavy atom. The minimum Gasteiger partial charge on any atom is -0.481 e. The van der Waals surface area contributed by atoms with E-state index in [1.54, 1.807) is 13.3 Å². The summed E-state index contributed by atoms with van der Waals surface area (Å²) < 4.78 is 5.14. The molecule has 2 unspecified atom stereocenters. The molecule has 104 valence electrons. The van der Waals surface area contributed by atoms with Crippen molar-refractivity contribution < 1.29 is 9.84 Å². The molecule has 2 aliphatic rings. The van der Waals surface area contributed by atoms with Gasteiger partial charge in [0.25, 0.3) is 0 Å². The Bertz CT molecular complexity index is 475. The van der Waals surface area contributed by atoms with Gasteiger partial charge in [0.05, 0.1) is 12.7 Å². The third-order valence-corrected chi connectivity index (χ3v) is 4.93. The summed E-state index contributed by atoms with van der Waals surface area (Å²) in [5.74, 6) is 0.612. The quantitative estimate of drug-likeness (QED) is 0.883. The monoisotopic (exact) mass is 262 g/mol. The highest BCUT2D eigenvalue weighted by Crippen LogP contribution is 2.45. The molecule has 2 aliphatic heterocycles. The van der Waals surface area contributed by atoms with Gasteiger partial charge in [-0.2, -0.15) is 0 Å². The fourth-order valence-electron chi connectivity index (χ4n) is 3.79. The minimum atomic E-state index is -0.721. The molecule has 1 N–H and O–H groups in total. The van der Waals surface area contributed by atoms with Crippen LogP contribution < -0.4 is 4.74 Å². The topological polar surface area (TPSA) is 45.6 Å². The van der Waals surface area contributed by atoms with Gasteiger partial charge in [0, 0.05) is 29.9 Å². The fourth-order valence-corrected chi connectivity index (χ4v) is 3.79. The summed E-state index contributed by atoms with van der Waals surface area (Å²) >= 11 is 0. The highest BCUT2D eigenvalue weighted by atomic mass is 16.5. The smallest absolute Gasteiger partial charge is 0.213 e. The van der Waals surface area contributed by atoms with Crippen LogP contribution in [0.25, 0.3) is 0 Å². The van der Waals surface area contributed by atoms with E-state index in [-0.39, 0.29) is 0 Å². The maximum atomic E-state index is 11.1. The lowest BCUT2D eigenvalue weighted by molar-refractivity contribution is -0.0499. The molecule has 2 fully saturated rings. The van der Waals surface area contributed by atoms with E-state index >= 15 is 0 Å². The van der Waals surface area contributed by atoms with Gasteiger partial charge in [0.2, 0.25) is 5.88 Å². The van der Waals surface area contributed by atoms with Crippen LogP contribution in [0.2, 0.25) is 0 Å². The lowest BCUT2D eigenvalue weighted by atomic mass is 9.80. The molecule has 1 aromatic heterocycles. The molecule has 0 aromatic carbocycles. The van der Waals surface area contributed by atoms with Crippen molar-refractivity contribution in [3.8, 4) is 5.88 Å². The molecule has 0 radical (unpaired) electrons. The van der Waals surface area contributed by atoms with E-state index in [9.17, 15) is 5.11 Å². The first-order valence-corrected chi connectivity index (χ1v) is 6.99. The van der Waals surface area contributed by atoms with Crippen LogP contribution in [0.1, 0.15) is 36.8 Å². The summed E-state index contributed by atoms with van der Waals surface area (Å²) in [4.78, 5) is 6.70. The second-order valence-corrected chi connectivity index (χ2v) is 6.03. The zero-order valence-corrected chi connectivity index (χ0v) is 11.9. The van der Waals surface area contributed by atoms with Crippen LogP contribution in [0, 0.1) is 6.92 Å². The van der Waals surface area contributed by atoms with Crippen LogP contribution in [0.5, 0.6) is 5.88 Å². The number of aromatic nitrogens is 1. The Kier molecular flexibility index (Phi) is 3.02. The molecule has 4 heteroatoms. The van der Waals surface area contributed by atoms with Gasteiger partial charge in [-0.3, -0.25) is 0 Å². The number of hydrogen-bond donors (Lipinski definition) is 1. The third kappa shape index (κ3) is 2.03. The molecule has 0 spiro atoms. The molecule has 2 bridgehead atoms. The molecule has 0 saturated carbocycles. The van der Waals surface area contributed by atoms with Gasteiger partial charge in [-0.15, -0.1) is 0 Å². The number of nitrogens with zero attached hydrogens (tertiary/aromatic N) is 2. The SMILES string of the molecule is COc1cc(C)c(C2(O)CC3CCC(C2)N3C)cn1. The number of rotatable bonds is 2. The number of hydrogen-bond acceptors (Lipinski definition) is 4. The summed E-state index contributed by atoms with van der Waals surface area (Å²) in [5, 5.41) is 11.1. The molecule has 4 nitrogen and oxygen atoms in total. The highest BCUT2D eigenvalue weighted by molar-refractivity contribution is 5.34. The van der Waals surface area contributed by atoms with E-state index in [0.717, 1.165) is 24.0 Å². The lowest BCUT2D eigenvalue weighted by Crippen LogP contribution is -2.47. The minimum absolute atomic E-state index is 0.505. The van der Waals surface area contributed by atoms with Crippen LogP contribution in [-0.4, -0.2) is 41.2 Å². The molecule has 2 atom stereocenters. The van der Waals surface area contributed by atoms with Gasteiger partial charge in [-0.1, -0.05) is 0 Å². The van der Waals surface area contributed by atoms with Crippen molar-refractivity contribution in [2.45, 2.75) is 50.3 Å². The first-order chi connectivity index (χ1) is 9.03. The van der Waals surface area contributed by atoms with Crippen molar-refractivity contribution in [2.24, 2.45) is 0 Å². The molecule has 1 aromatic rings. The Balaban J connectivity index is 1.93. The van der Waals surface area contributed by atoms with Crippen molar-refractivity contribution in [2.75, 3.05) is 14.2 Å². The van der Waals surface area contributed by atoms with E-state index < -0.39 is 5.60 Å². The predicted molar refractivity (Wildman–Crippen MR) is 73.2 cm³/mol. The lowest BCUT2D eigenvalue weighted by Gasteiger charge is -2.42. The van der Waals surface area contributed by atoms with Gasteiger partial charge in [0.1, 0.15) is 0 Å². The van der Waals surface area contributed by atoms with E-state index in [4.69, 9.17) is 4.74 Å². The summed E-state index contributed by atoms with van der Waals surface area (Å²) in [6.45, 7) is 2.03. The highest BCUT2D eigenvalue weighted by Gasteiger charge is 2.47. The Morgan fingerprint density at radius 2 is 2.00 bits per heavy atom. The first kappa shape index (κ1) is 12.9. The number of ether oxygens (including phenoxy) is 1. The summed E-state index contributed by atoms with van der Waals surface area (Å²) in [6.07, 6.45) is 5.82. The third-order valence-electron chi connectivity index (χ3n) is 4.93. The number of fused-ring (bicyclic) bond motifs is 2. The van der Waals surface area contributed by atoms with Crippen molar-refractivity contribution in [1.82, 2.24) is 9.88 Å².